The summed E-state index contributed by atoms with van der Waals surface area (Å²) in [6.07, 6.45) is 0. The van der Waals surface area contributed by atoms with Gasteiger partial charge in [-0.15, -0.1) is 0 Å². The first-order valence-electron chi connectivity index (χ1n) is 2.37. The van der Waals surface area contributed by atoms with Gasteiger partial charge in [0.1, 0.15) is 18.8 Å². The average molecular weight is 138 g/mol. The molecule has 0 atom stereocenters. The number of hydrogen-bond donors (Lipinski definition) is 1. The number of nitrogens with two attached hydrogens (primary N) is 1. The van der Waals surface area contributed by atoms with E-state index < -0.39 is 0 Å². The second-order valence-electron chi connectivity index (χ2n) is 1.61. The van der Waals surface area contributed by atoms with Crippen LogP contribution in [-0.4, -0.2) is 12.8 Å². The molecule has 0 aliphatic rings. The molecule has 0 spiro atoms. The zero-order valence-electron chi connectivity index (χ0n) is 4.63. The minimum Gasteiger partial charge on any atom is -0.384 e. The summed E-state index contributed by atoms with van der Waals surface area (Å²) in [7, 11) is 5.34. The third-order valence-corrected chi connectivity index (χ3v) is 1.13. The number of nitrogen functional groups attached to an aromatic ring is 1. The van der Waals surface area contributed by atoms with Crippen LogP contribution < -0.4 is 11.2 Å². The molecule has 0 saturated carbocycles. The molecule has 0 aliphatic carbocycles. The zero-order valence-corrected chi connectivity index (χ0v) is 5.39. The lowest BCUT2D eigenvalue weighted by Gasteiger charge is -1.96. The number of rotatable bonds is 0. The van der Waals surface area contributed by atoms with Crippen LogP contribution in [0.1, 0.15) is 0 Å². The van der Waals surface area contributed by atoms with Crippen molar-refractivity contribution >= 4 is 30.7 Å². The van der Waals surface area contributed by atoms with Gasteiger partial charge in [0.15, 0.2) is 0 Å². The average Bonchev–Trinajstić information content (AvgIpc) is 1.80. The van der Waals surface area contributed by atoms with E-state index in [1.807, 2.05) is 0 Å². The number of nitrogens with zero attached hydrogens (tertiary/aromatic N) is 1. The van der Waals surface area contributed by atoms with Crippen LogP contribution in [0.5, 0.6) is 0 Å². The van der Waals surface area contributed by atoms with Gasteiger partial charge >= 0.3 is 0 Å². The van der Waals surface area contributed by atoms with Crippen LogP contribution in [0.25, 0.3) is 0 Å². The molecule has 2 N–H and O–H groups in total. The summed E-state index contributed by atoms with van der Waals surface area (Å²) in [5.41, 5.74) is 5.76. The Labute approximate surface area is 59.4 Å². The van der Waals surface area contributed by atoms with Gasteiger partial charge < -0.3 is 5.73 Å². The fourth-order valence-corrected chi connectivity index (χ4v) is 0.615. The van der Waals surface area contributed by atoms with Gasteiger partial charge in [-0.25, -0.2) is 4.98 Å². The van der Waals surface area contributed by atoms with E-state index in [-0.39, 0.29) is 5.82 Å². The van der Waals surface area contributed by atoms with Crippen LogP contribution >= 0.6 is 11.6 Å². The lowest BCUT2D eigenvalue weighted by molar-refractivity contribution is 1.36. The van der Waals surface area contributed by atoms with Crippen molar-refractivity contribution in [2.24, 2.45) is 0 Å². The number of anilines is 1. The standard InChI is InChI=1S/C5H4BClN2/c6-3-1-2-4(7)9-5(3)8/h1-2H,(H2,8,9). The highest BCUT2D eigenvalue weighted by molar-refractivity contribution is 6.36. The molecule has 0 fully saturated rings. The van der Waals surface area contributed by atoms with Crippen molar-refractivity contribution in [1.82, 2.24) is 4.98 Å². The maximum atomic E-state index is 5.47. The molecule has 9 heavy (non-hydrogen) atoms. The summed E-state index contributed by atoms with van der Waals surface area (Å²) < 4.78 is 0. The lowest BCUT2D eigenvalue weighted by Crippen LogP contribution is -2.10. The Bertz CT molecular complexity index is 226. The van der Waals surface area contributed by atoms with E-state index in [1.165, 1.54) is 0 Å². The second kappa shape index (κ2) is 2.27. The van der Waals surface area contributed by atoms with Crippen molar-refractivity contribution in [3.8, 4) is 0 Å². The fraction of sp³-hybridized carbons (Fsp3) is 0. The zero-order chi connectivity index (χ0) is 6.85. The quantitative estimate of drug-likeness (QED) is 0.408. The third kappa shape index (κ3) is 1.36. The van der Waals surface area contributed by atoms with Crippen molar-refractivity contribution in [2.75, 3.05) is 5.73 Å². The number of pyridine rings is 1. The topological polar surface area (TPSA) is 38.9 Å². The van der Waals surface area contributed by atoms with Gasteiger partial charge in [0.2, 0.25) is 0 Å². The van der Waals surface area contributed by atoms with Gasteiger partial charge in [0.25, 0.3) is 0 Å². The first-order chi connectivity index (χ1) is 4.20. The van der Waals surface area contributed by atoms with Gasteiger partial charge in [0, 0.05) is 0 Å². The maximum Gasteiger partial charge on any atom is 0.131 e. The van der Waals surface area contributed by atoms with Crippen molar-refractivity contribution in [3.05, 3.63) is 17.3 Å². The highest BCUT2D eigenvalue weighted by Gasteiger charge is 1.92. The summed E-state index contributed by atoms with van der Waals surface area (Å²) in [5, 5.41) is 0.363. The smallest absolute Gasteiger partial charge is 0.131 e. The van der Waals surface area contributed by atoms with Gasteiger partial charge in [-0.2, -0.15) is 0 Å². The molecule has 0 aliphatic heterocycles. The molecule has 44 valence electrons. The van der Waals surface area contributed by atoms with Gasteiger partial charge in [-0.1, -0.05) is 23.1 Å². The molecule has 2 nitrogen and oxygen atoms in total. The Kier molecular flexibility index (Phi) is 1.62. The van der Waals surface area contributed by atoms with Crippen molar-refractivity contribution in [2.45, 2.75) is 0 Å². The molecule has 1 aromatic heterocycles. The molecule has 0 amide bonds. The molecule has 0 aromatic carbocycles. The Balaban J connectivity index is 3.17. The van der Waals surface area contributed by atoms with Crippen LogP contribution in [0.4, 0.5) is 5.82 Å². The highest BCUT2D eigenvalue weighted by atomic mass is 35.5. The summed E-state index contributed by atoms with van der Waals surface area (Å²) in [6.45, 7) is 0. The Morgan fingerprint density at radius 3 is 2.67 bits per heavy atom. The SMILES string of the molecule is [B]c1ccc(Cl)nc1N. The van der Waals surface area contributed by atoms with Gasteiger partial charge in [-0.05, 0) is 6.07 Å². The molecule has 2 radical (unpaired) electrons. The summed E-state index contributed by atoms with van der Waals surface area (Å²) in [4.78, 5) is 3.69. The molecular formula is C5H4BClN2. The minimum atomic E-state index is 0.280. The van der Waals surface area contributed by atoms with Gasteiger partial charge in [0.05, 0.1) is 0 Å². The van der Waals surface area contributed by atoms with E-state index in [0.29, 0.717) is 10.6 Å². The van der Waals surface area contributed by atoms with Crippen molar-refractivity contribution in [3.63, 3.8) is 0 Å². The van der Waals surface area contributed by atoms with Crippen LogP contribution in [0.2, 0.25) is 5.15 Å². The first kappa shape index (κ1) is 6.43. The lowest BCUT2D eigenvalue weighted by atomic mass is 9.98. The number of hydrogen-bond acceptors (Lipinski definition) is 2. The van der Waals surface area contributed by atoms with Gasteiger partial charge in [-0.3, -0.25) is 0 Å². The monoisotopic (exact) mass is 138 g/mol. The van der Waals surface area contributed by atoms with E-state index in [4.69, 9.17) is 25.2 Å². The molecule has 1 heterocycles. The molecule has 0 bridgehead atoms. The van der Waals surface area contributed by atoms with Crippen LogP contribution in [0, 0.1) is 0 Å². The van der Waals surface area contributed by atoms with E-state index in [1.54, 1.807) is 12.1 Å². The second-order valence-corrected chi connectivity index (χ2v) is 2.00. The predicted octanol–water partition coefficient (Wildman–Crippen LogP) is 0.111. The Hall–Kier alpha value is -0.695. The van der Waals surface area contributed by atoms with Crippen LogP contribution in [0.15, 0.2) is 12.1 Å². The molecule has 4 heteroatoms. The van der Waals surface area contributed by atoms with Crippen LogP contribution in [0.3, 0.4) is 0 Å². The van der Waals surface area contributed by atoms with Crippen molar-refractivity contribution in [1.29, 1.82) is 0 Å². The van der Waals surface area contributed by atoms with E-state index in [2.05, 4.69) is 4.98 Å². The fourth-order valence-electron chi connectivity index (χ4n) is 0.461. The molecular weight excluding hydrogens is 134 g/mol. The normalized spacial score (nSPS) is 9.44. The van der Waals surface area contributed by atoms with E-state index >= 15 is 0 Å². The minimum absolute atomic E-state index is 0.280. The summed E-state index contributed by atoms with van der Waals surface area (Å²) in [5.74, 6) is 0.280. The number of halogens is 1. The first-order valence-corrected chi connectivity index (χ1v) is 2.75. The third-order valence-electron chi connectivity index (χ3n) is 0.923. The molecule has 0 saturated heterocycles. The molecule has 1 aromatic rings. The Morgan fingerprint density at radius 1 is 1.56 bits per heavy atom. The Morgan fingerprint density at radius 2 is 2.22 bits per heavy atom. The largest absolute Gasteiger partial charge is 0.384 e. The highest BCUT2D eigenvalue weighted by Crippen LogP contribution is 2.02. The molecule has 0 unspecified atom stereocenters. The number of aromatic nitrogens is 1. The van der Waals surface area contributed by atoms with E-state index in [9.17, 15) is 0 Å². The maximum absolute atomic E-state index is 5.47. The molecule has 1 rings (SSSR count). The summed E-state index contributed by atoms with van der Waals surface area (Å²) in [6, 6.07) is 3.21. The van der Waals surface area contributed by atoms with Crippen molar-refractivity contribution < 1.29 is 0 Å². The predicted molar refractivity (Wildman–Crippen MR) is 39.0 cm³/mol. The summed E-state index contributed by atoms with van der Waals surface area (Å²) >= 11 is 5.47. The van der Waals surface area contributed by atoms with E-state index in [0.717, 1.165) is 0 Å². The van der Waals surface area contributed by atoms with Crippen LogP contribution in [-0.2, 0) is 0 Å².